The molecule has 0 amide bonds. The monoisotopic (exact) mass is 338 g/mol. The molecule has 0 radical (unpaired) electrons. The average molecular weight is 340 g/mol. The van der Waals surface area contributed by atoms with E-state index in [0.717, 1.165) is 19.3 Å². The van der Waals surface area contributed by atoms with Crippen molar-refractivity contribution < 1.29 is 9.90 Å². The van der Waals surface area contributed by atoms with E-state index in [1.807, 2.05) is 0 Å². The second-order valence-electron chi connectivity index (χ2n) is 5.48. The number of fused-ring (bicyclic) bond motifs is 2. The van der Waals surface area contributed by atoms with Crippen molar-refractivity contribution in [2.24, 2.45) is 16.7 Å². The van der Waals surface area contributed by atoms with Crippen LogP contribution in [0.25, 0.3) is 0 Å². The molecule has 2 saturated carbocycles. The highest BCUT2D eigenvalue weighted by atomic mass is 79.9. The van der Waals surface area contributed by atoms with Crippen LogP contribution in [0.1, 0.15) is 33.1 Å². The largest absolute Gasteiger partial charge is 0.481 e. The molecule has 0 heterocycles. The molecular weight excluding hydrogens is 324 g/mol. The number of alkyl halides is 2. The molecule has 0 aromatic rings. The summed E-state index contributed by atoms with van der Waals surface area (Å²) < 4.78 is -0.304. The fraction of sp³-hybridized carbons (Fsp3) is 0.909. The second-order valence-corrected chi connectivity index (χ2v) is 7.40. The molecule has 2 aliphatic carbocycles. The highest BCUT2D eigenvalue weighted by molar-refractivity contribution is 9.12. The van der Waals surface area contributed by atoms with Gasteiger partial charge in [0.1, 0.15) is 0 Å². The van der Waals surface area contributed by atoms with Gasteiger partial charge in [-0.1, -0.05) is 45.7 Å². The van der Waals surface area contributed by atoms with Gasteiger partial charge in [-0.25, -0.2) is 0 Å². The van der Waals surface area contributed by atoms with Crippen LogP contribution in [0, 0.1) is 16.7 Å². The molecule has 15 heavy (non-hydrogen) atoms. The number of carboxylic acid groups (broad SMARTS) is 1. The quantitative estimate of drug-likeness (QED) is 0.782. The molecule has 0 aromatic carbocycles. The van der Waals surface area contributed by atoms with E-state index >= 15 is 0 Å². The predicted molar refractivity (Wildman–Crippen MR) is 66.6 cm³/mol. The van der Waals surface area contributed by atoms with Gasteiger partial charge in [-0.3, -0.25) is 4.79 Å². The molecule has 1 N–H and O–H groups in total. The lowest BCUT2D eigenvalue weighted by Crippen LogP contribution is -2.55. The summed E-state index contributed by atoms with van der Waals surface area (Å²) in [6, 6.07) is 0. The molecule has 2 bridgehead atoms. The third-order valence-electron chi connectivity index (χ3n) is 4.91. The van der Waals surface area contributed by atoms with Crippen LogP contribution >= 0.6 is 31.9 Å². The number of aliphatic carboxylic acids is 1. The second kappa shape index (κ2) is 3.22. The molecule has 2 fully saturated rings. The minimum atomic E-state index is -0.633. The first-order chi connectivity index (χ1) is 6.82. The fourth-order valence-corrected chi connectivity index (χ4v) is 5.74. The molecule has 0 aliphatic heterocycles. The molecule has 0 aromatic heterocycles. The first-order valence-corrected chi connectivity index (χ1v) is 7.21. The normalized spacial score (nSPS) is 47.1. The molecule has 2 rings (SSSR count). The molecule has 2 nitrogen and oxygen atoms in total. The van der Waals surface area contributed by atoms with Crippen LogP contribution in [0.3, 0.4) is 0 Å². The SMILES string of the molecule is CC1(C)C2CCC(C(=O)O)(C2)[C@@]1(Br)CBr. The smallest absolute Gasteiger partial charge is 0.311 e. The van der Waals surface area contributed by atoms with Gasteiger partial charge in [-0.2, -0.15) is 0 Å². The Bertz CT molecular complexity index is 316. The summed E-state index contributed by atoms with van der Waals surface area (Å²) in [4.78, 5) is 11.6. The van der Waals surface area contributed by atoms with E-state index in [4.69, 9.17) is 0 Å². The van der Waals surface area contributed by atoms with Crippen molar-refractivity contribution in [3.63, 3.8) is 0 Å². The van der Waals surface area contributed by atoms with E-state index in [-0.39, 0.29) is 9.74 Å². The van der Waals surface area contributed by atoms with Crippen molar-refractivity contribution in [3.05, 3.63) is 0 Å². The minimum absolute atomic E-state index is 0.0488. The zero-order chi connectivity index (χ0) is 11.5. The van der Waals surface area contributed by atoms with Crippen molar-refractivity contribution in [2.45, 2.75) is 37.4 Å². The highest BCUT2D eigenvalue weighted by Crippen LogP contribution is 2.71. The van der Waals surface area contributed by atoms with Gasteiger partial charge in [0.25, 0.3) is 0 Å². The van der Waals surface area contributed by atoms with E-state index in [9.17, 15) is 9.90 Å². The van der Waals surface area contributed by atoms with Gasteiger partial charge in [-0.15, -0.1) is 0 Å². The minimum Gasteiger partial charge on any atom is -0.481 e. The third-order valence-corrected chi connectivity index (χ3v) is 8.56. The van der Waals surface area contributed by atoms with Crippen molar-refractivity contribution >= 4 is 37.8 Å². The Morgan fingerprint density at radius 1 is 1.53 bits per heavy atom. The van der Waals surface area contributed by atoms with Crippen LogP contribution < -0.4 is 0 Å². The summed E-state index contributed by atoms with van der Waals surface area (Å²) in [7, 11) is 0. The molecule has 2 aliphatic rings. The molecule has 0 spiro atoms. The summed E-state index contributed by atoms with van der Waals surface area (Å²) in [6.45, 7) is 4.38. The number of hydrogen-bond acceptors (Lipinski definition) is 1. The number of carbonyl (C=O) groups is 1. The topological polar surface area (TPSA) is 37.3 Å². The van der Waals surface area contributed by atoms with Crippen LogP contribution in [0.4, 0.5) is 0 Å². The van der Waals surface area contributed by atoms with Gasteiger partial charge in [0.15, 0.2) is 0 Å². The van der Waals surface area contributed by atoms with Crippen molar-refractivity contribution in [2.75, 3.05) is 5.33 Å². The molecule has 86 valence electrons. The molecule has 0 saturated heterocycles. The van der Waals surface area contributed by atoms with Gasteiger partial charge in [0.2, 0.25) is 0 Å². The maximum atomic E-state index is 11.6. The Morgan fingerprint density at radius 3 is 2.53 bits per heavy atom. The number of halogens is 2. The maximum Gasteiger partial charge on any atom is 0.311 e. The van der Waals surface area contributed by atoms with E-state index in [2.05, 4.69) is 45.7 Å². The summed E-state index contributed by atoms with van der Waals surface area (Å²) in [6.07, 6.45) is 2.69. The third kappa shape index (κ3) is 1.13. The lowest BCUT2D eigenvalue weighted by atomic mass is 9.64. The Labute approximate surface area is 107 Å². The predicted octanol–water partition coefficient (Wildman–Crippen LogP) is 3.43. The molecular formula is C11H16Br2O2. The number of carboxylic acids is 1. The Kier molecular flexibility index (Phi) is 2.56. The van der Waals surface area contributed by atoms with Crippen LogP contribution in [-0.2, 0) is 4.79 Å². The van der Waals surface area contributed by atoms with E-state index < -0.39 is 11.4 Å². The van der Waals surface area contributed by atoms with Gasteiger partial charge < -0.3 is 5.11 Å². The Hall–Kier alpha value is 0.430. The first-order valence-electron chi connectivity index (χ1n) is 5.30. The van der Waals surface area contributed by atoms with Gasteiger partial charge in [-0.05, 0) is 30.6 Å². The zero-order valence-electron chi connectivity index (χ0n) is 9.02. The van der Waals surface area contributed by atoms with Gasteiger partial charge in [0.05, 0.1) is 9.74 Å². The maximum absolute atomic E-state index is 11.6. The Balaban J connectivity index is 2.54. The van der Waals surface area contributed by atoms with E-state index in [1.54, 1.807) is 0 Å². The lowest BCUT2D eigenvalue weighted by molar-refractivity contribution is -0.150. The molecule has 2 unspecified atom stereocenters. The van der Waals surface area contributed by atoms with Crippen LogP contribution in [-0.4, -0.2) is 20.7 Å². The van der Waals surface area contributed by atoms with Crippen molar-refractivity contribution in [1.82, 2.24) is 0 Å². The molecule has 3 atom stereocenters. The molecule has 4 heteroatoms. The lowest BCUT2D eigenvalue weighted by Gasteiger charge is -2.49. The zero-order valence-corrected chi connectivity index (χ0v) is 12.2. The summed E-state index contributed by atoms with van der Waals surface area (Å²) in [5.41, 5.74) is -0.516. The van der Waals surface area contributed by atoms with Crippen molar-refractivity contribution in [3.8, 4) is 0 Å². The number of rotatable bonds is 2. The summed E-state index contributed by atoms with van der Waals surface area (Å²) >= 11 is 7.26. The van der Waals surface area contributed by atoms with Crippen LogP contribution in [0.15, 0.2) is 0 Å². The Morgan fingerprint density at radius 2 is 2.13 bits per heavy atom. The first kappa shape index (κ1) is 11.9. The van der Waals surface area contributed by atoms with Gasteiger partial charge >= 0.3 is 5.97 Å². The fourth-order valence-electron chi connectivity index (χ4n) is 3.63. The van der Waals surface area contributed by atoms with Gasteiger partial charge in [0, 0.05) is 5.33 Å². The summed E-state index contributed by atoms with van der Waals surface area (Å²) in [5.74, 6) is -0.0996. The van der Waals surface area contributed by atoms with E-state index in [0.29, 0.717) is 11.2 Å². The van der Waals surface area contributed by atoms with Crippen LogP contribution in [0.2, 0.25) is 0 Å². The standard InChI is InChI=1S/C11H16Br2O2/c1-9(2)7-3-4-10(5-7,8(14)15)11(9,13)6-12/h7H,3-6H2,1-2H3,(H,14,15)/t7?,10?,11-/m1/s1. The summed E-state index contributed by atoms with van der Waals surface area (Å²) in [5, 5.41) is 10.2. The average Bonchev–Trinajstić information content (AvgIpc) is 2.67. The van der Waals surface area contributed by atoms with E-state index in [1.165, 1.54) is 0 Å². The highest BCUT2D eigenvalue weighted by Gasteiger charge is 2.72. The van der Waals surface area contributed by atoms with Crippen LogP contribution in [0.5, 0.6) is 0 Å². The number of hydrogen-bond donors (Lipinski definition) is 1. The van der Waals surface area contributed by atoms with Crippen molar-refractivity contribution in [1.29, 1.82) is 0 Å².